The molecule has 3 aromatic carbocycles. The van der Waals surface area contributed by atoms with Crippen LogP contribution in [0, 0.1) is 0 Å². The van der Waals surface area contributed by atoms with Crippen molar-refractivity contribution >= 4 is 34.8 Å². The van der Waals surface area contributed by atoms with Gasteiger partial charge in [0.05, 0.1) is 25.6 Å². The second-order valence-corrected chi connectivity index (χ2v) is 7.09. The molecular weight excluding hydrogens is 410 g/mol. The Morgan fingerprint density at radius 2 is 1.56 bits per heavy atom. The normalized spacial score (nSPS) is 12.4. The Labute approximate surface area is 184 Å². The molecule has 0 unspecified atom stereocenters. The summed E-state index contributed by atoms with van der Waals surface area (Å²) < 4.78 is 10.4. The van der Waals surface area contributed by atoms with Crippen LogP contribution in [-0.2, 0) is 4.79 Å². The van der Waals surface area contributed by atoms with Crippen molar-refractivity contribution in [2.75, 3.05) is 36.3 Å². The smallest absolute Gasteiger partial charge is 0.258 e. The lowest BCUT2D eigenvalue weighted by molar-refractivity contribution is -0.115. The maximum absolute atomic E-state index is 13.0. The molecule has 0 aliphatic carbocycles. The van der Waals surface area contributed by atoms with Gasteiger partial charge in [0.25, 0.3) is 11.8 Å². The summed E-state index contributed by atoms with van der Waals surface area (Å²) in [6, 6.07) is 18.5. The van der Waals surface area contributed by atoms with Gasteiger partial charge in [-0.2, -0.15) is 0 Å². The highest BCUT2D eigenvalue weighted by molar-refractivity contribution is 6.15. The first kappa shape index (κ1) is 20.9. The number of hydrogen-bond donors (Lipinski definition) is 2. The Kier molecular flexibility index (Phi) is 5.76. The Morgan fingerprint density at radius 1 is 0.906 bits per heavy atom. The number of amides is 3. The van der Waals surface area contributed by atoms with E-state index in [1.54, 1.807) is 60.7 Å². The van der Waals surface area contributed by atoms with Crippen molar-refractivity contribution in [2.45, 2.75) is 0 Å². The maximum Gasteiger partial charge on any atom is 0.258 e. The molecule has 32 heavy (non-hydrogen) atoms. The Balaban J connectivity index is 1.51. The van der Waals surface area contributed by atoms with Crippen molar-refractivity contribution in [3.05, 3.63) is 77.9 Å². The predicted octanol–water partition coefficient (Wildman–Crippen LogP) is 3.56. The molecule has 0 aromatic heterocycles. The van der Waals surface area contributed by atoms with Crippen LogP contribution in [0.5, 0.6) is 11.5 Å². The third-order valence-corrected chi connectivity index (χ3v) is 5.02. The third-order valence-electron chi connectivity index (χ3n) is 5.02. The van der Waals surface area contributed by atoms with E-state index < -0.39 is 0 Å². The van der Waals surface area contributed by atoms with Gasteiger partial charge in [-0.05, 0) is 48.5 Å². The Hall–Kier alpha value is -4.33. The minimum atomic E-state index is -0.345. The van der Waals surface area contributed by atoms with Crippen molar-refractivity contribution in [1.82, 2.24) is 0 Å². The number of carbonyl (C=O) groups excluding carboxylic acids is 3. The van der Waals surface area contributed by atoms with E-state index in [9.17, 15) is 14.4 Å². The highest BCUT2D eigenvalue weighted by atomic mass is 16.5. The van der Waals surface area contributed by atoms with E-state index in [0.717, 1.165) is 0 Å². The van der Waals surface area contributed by atoms with Gasteiger partial charge >= 0.3 is 0 Å². The number of nitrogens with zero attached hydrogens (tertiary/aromatic N) is 1. The molecule has 2 N–H and O–H groups in total. The minimum Gasteiger partial charge on any atom is -0.497 e. The van der Waals surface area contributed by atoms with E-state index in [1.807, 2.05) is 6.07 Å². The highest BCUT2D eigenvalue weighted by Gasteiger charge is 2.27. The van der Waals surface area contributed by atoms with Gasteiger partial charge in [0.15, 0.2) is 0 Å². The average molecular weight is 431 g/mol. The number of fused-ring (bicyclic) bond motifs is 1. The van der Waals surface area contributed by atoms with Crippen LogP contribution in [0.15, 0.2) is 66.7 Å². The predicted molar refractivity (Wildman–Crippen MR) is 121 cm³/mol. The summed E-state index contributed by atoms with van der Waals surface area (Å²) in [4.78, 5) is 39.1. The molecule has 1 aliphatic rings. The van der Waals surface area contributed by atoms with Crippen LogP contribution in [-0.4, -0.2) is 38.5 Å². The maximum atomic E-state index is 13.0. The Bertz CT molecular complexity index is 1170. The molecule has 162 valence electrons. The minimum absolute atomic E-state index is 0.0635. The average Bonchev–Trinajstić information content (AvgIpc) is 2.83. The number of para-hydroxylation sites is 2. The zero-order valence-corrected chi connectivity index (χ0v) is 17.5. The number of rotatable bonds is 5. The summed E-state index contributed by atoms with van der Waals surface area (Å²) >= 11 is 0. The molecule has 1 aliphatic heterocycles. The summed E-state index contributed by atoms with van der Waals surface area (Å²) in [6.07, 6.45) is 0. The lowest BCUT2D eigenvalue weighted by atomic mass is 10.1. The molecule has 0 spiro atoms. The summed E-state index contributed by atoms with van der Waals surface area (Å²) in [5, 5.41) is 5.55. The number of ether oxygens (including phenoxy) is 2. The van der Waals surface area contributed by atoms with Gasteiger partial charge in [0.2, 0.25) is 5.91 Å². The molecule has 0 fully saturated rings. The molecule has 4 rings (SSSR count). The van der Waals surface area contributed by atoms with Crippen LogP contribution >= 0.6 is 0 Å². The SMILES string of the molecule is COc1cc(OC)cc(C(=O)Nc2ccc(C(=O)N3CC(=O)Nc4ccccc43)cc2)c1. The summed E-state index contributed by atoms with van der Waals surface area (Å²) in [5.74, 6) is 0.0999. The molecule has 3 amide bonds. The third kappa shape index (κ3) is 4.24. The molecule has 0 bridgehead atoms. The summed E-state index contributed by atoms with van der Waals surface area (Å²) in [6.45, 7) is -0.0635. The van der Waals surface area contributed by atoms with E-state index in [4.69, 9.17) is 9.47 Å². The van der Waals surface area contributed by atoms with Gasteiger partial charge in [-0.15, -0.1) is 0 Å². The van der Waals surface area contributed by atoms with Gasteiger partial charge in [-0.3, -0.25) is 19.3 Å². The van der Waals surface area contributed by atoms with Gasteiger partial charge in [0, 0.05) is 22.9 Å². The molecule has 3 aromatic rings. The molecule has 0 atom stereocenters. The number of benzene rings is 3. The quantitative estimate of drug-likeness (QED) is 0.644. The first-order chi connectivity index (χ1) is 15.5. The fourth-order valence-corrected chi connectivity index (χ4v) is 3.41. The van der Waals surface area contributed by atoms with Crippen molar-refractivity contribution in [1.29, 1.82) is 0 Å². The van der Waals surface area contributed by atoms with E-state index in [-0.39, 0.29) is 24.3 Å². The molecular formula is C24H21N3O5. The van der Waals surface area contributed by atoms with Crippen molar-refractivity contribution < 1.29 is 23.9 Å². The highest BCUT2D eigenvalue weighted by Crippen LogP contribution is 2.30. The number of hydrogen-bond acceptors (Lipinski definition) is 5. The Morgan fingerprint density at radius 3 is 2.22 bits per heavy atom. The van der Waals surface area contributed by atoms with Crippen molar-refractivity contribution in [2.24, 2.45) is 0 Å². The van der Waals surface area contributed by atoms with Gasteiger partial charge in [-0.25, -0.2) is 0 Å². The van der Waals surface area contributed by atoms with Gasteiger partial charge in [-0.1, -0.05) is 12.1 Å². The van der Waals surface area contributed by atoms with Crippen LogP contribution < -0.4 is 25.0 Å². The van der Waals surface area contributed by atoms with E-state index in [0.29, 0.717) is 39.7 Å². The summed E-state index contributed by atoms with van der Waals surface area (Å²) in [5.41, 5.74) is 2.52. The van der Waals surface area contributed by atoms with Crippen molar-refractivity contribution in [3.8, 4) is 11.5 Å². The number of nitrogens with one attached hydrogen (secondary N) is 2. The molecule has 1 heterocycles. The van der Waals surface area contributed by atoms with Crippen LogP contribution in [0.1, 0.15) is 20.7 Å². The number of methoxy groups -OCH3 is 2. The van der Waals surface area contributed by atoms with E-state index >= 15 is 0 Å². The van der Waals surface area contributed by atoms with Gasteiger partial charge < -0.3 is 20.1 Å². The number of anilines is 3. The lowest BCUT2D eigenvalue weighted by Crippen LogP contribution is -2.42. The zero-order valence-electron chi connectivity index (χ0n) is 17.5. The first-order valence-electron chi connectivity index (χ1n) is 9.83. The molecule has 0 saturated heterocycles. The topological polar surface area (TPSA) is 97.0 Å². The van der Waals surface area contributed by atoms with Crippen molar-refractivity contribution in [3.63, 3.8) is 0 Å². The fraction of sp³-hybridized carbons (Fsp3) is 0.125. The standard InChI is InChI=1S/C24H21N3O5/c1-31-18-11-16(12-19(13-18)32-2)23(29)25-17-9-7-15(8-10-17)24(30)27-14-22(28)26-20-5-3-4-6-21(20)27/h3-13H,14H2,1-2H3,(H,25,29)(H,26,28). The second-order valence-electron chi connectivity index (χ2n) is 7.09. The number of carbonyl (C=O) groups is 3. The second kappa shape index (κ2) is 8.81. The van der Waals surface area contributed by atoms with E-state index in [1.165, 1.54) is 19.1 Å². The molecule has 0 radical (unpaired) electrons. The van der Waals surface area contributed by atoms with Crippen LogP contribution in [0.4, 0.5) is 17.1 Å². The van der Waals surface area contributed by atoms with Crippen LogP contribution in [0.25, 0.3) is 0 Å². The van der Waals surface area contributed by atoms with Crippen LogP contribution in [0.2, 0.25) is 0 Å². The molecule has 8 heteroatoms. The zero-order chi connectivity index (χ0) is 22.7. The molecule has 8 nitrogen and oxygen atoms in total. The fourth-order valence-electron chi connectivity index (χ4n) is 3.41. The lowest BCUT2D eigenvalue weighted by Gasteiger charge is -2.29. The monoisotopic (exact) mass is 431 g/mol. The summed E-state index contributed by atoms with van der Waals surface area (Å²) in [7, 11) is 3.02. The molecule has 0 saturated carbocycles. The first-order valence-corrected chi connectivity index (χ1v) is 9.83. The van der Waals surface area contributed by atoms with Crippen LogP contribution in [0.3, 0.4) is 0 Å². The largest absolute Gasteiger partial charge is 0.497 e. The van der Waals surface area contributed by atoms with Gasteiger partial charge in [0.1, 0.15) is 18.0 Å². The van der Waals surface area contributed by atoms with E-state index in [2.05, 4.69) is 10.6 Å².